The summed E-state index contributed by atoms with van der Waals surface area (Å²) in [6.07, 6.45) is 0. The predicted octanol–water partition coefficient (Wildman–Crippen LogP) is 4.32. The lowest BCUT2D eigenvalue weighted by Gasteiger charge is -2.17. The van der Waals surface area contributed by atoms with Gasteiger partial charge in [-0.05, 0) is 31.0 Å². The van der Waals surface area contributed by atoms with E-state index in [0.29, 0.717) is 23.8 Å². The third-order valence-electron chi connectivity index (χ3n) is 2.92. The Labute approximate surface area is 111 Å². The van der Waals surface area contributed by atoms with E-state index >= 15 is 0 Å². The molecule has 2 nitrogen and oxygen atoms in total. The van der Waals surface area contributed by atoms with Gasteiger partial charge in [0, 0.05) is 10.4 Å². The lowest BCUT2D eigenvalue weighted by molar-refractivity contribution is 0.0896. The quantitative estimate of drug-likeness (QED) is 0.757. The number of Topliss-reactive ketones (excluding diaryl/α,β-unsaturated/α-hetero) is 1. The zero-order chi connectivity index (χ0) is 13.0. The van der Waals surface area contributed by atoms with Crippen molar-refractivity contribution >= 4 is 21.7 Å². The van der Waals surface area contributed by atoms with Gasteiger partial charge in [0.05, 0.1) is 12.2 Å². The molecule has 0 aliphatic rings. The highest BCUT2D eigenvalue weighted by molar-refractivity contribution is 9.10. The molecule has 0 bridgehead atoms. The van der Waals surface area contributed by atoms with Crippen molar-refractivity contribution in [2.24, 2.45) is 11.8 Å². The van der Waals surface area contributed by atoms with Crippen molar-refractivity contribution in [1.82, 2.24) is 0 Å². The first kappa shape index (κ1) is 14.2. The molecule has 1 atom stereocenters. The number of ketones is 1. The van der Waals surface area contributed by atoms with Crippen LogP contribution in [0.5, 0.6) is 5.75 Å². The number of halogens is 1. The van der Waals surface area contributed by atoms with E-state index in [9.17, 15) is 4.79 Å². The Morgan fingerprint density at radius 1 is 1.35 bits per heavy atom. The van der Waals surface area contributed by atoms with Crippen molar-refractivity contribution < 1.29 is 9.53 Å². The normalized spacial score (nSPS) is 12.6. The number of carbonyl (C=O) groups is 1. The summed E-state index contributed by atoms with van der Waals surface area (Å²) in [4.78, 5) is 12.3. The van der Waals surface area contributed by atoms with E-state index in [2.05, 4.69) is 29.8 Å². The summed E-state index contributed by atoms with van der Waals surface area (Å²) < 4.78 is 6.40. The first-order chi connectivity index (χ1) is 7.97. The molecular formula is C14H19BrO2. The zero-order valence-corrected chi connectivity index (χ0v) is 12.4. The molecule has 3 heteroatoms. The van der Waals surface area contributed by atoms with Crippen LogP contribution in [-0.2, 0) is 0 Å². The van der Waals surface area contributed by atoms with E-state index in [-0.39, 0.29) is 11.7 Å². The molecule has 0 N–H and O–H groups in total. The van der Waals surface area contributed by atoms with Gasteiger partial charge in [0.15, 0.2) is 5.78 Å². The molecule has 0 fully saturated rings. The van der Waals surface area contributed by atoms with Crippen LogP contribution in [0.2, 0.25) is 0 Å². The zero-order valence-electron chi connectivity index (χ0n) is 10.8. The minimum Gasteiger partial charge on any atom is -0.493 e. The number of hydrogen-bond acceptors (Lipinski definition) is 2. The van der Waals surface area contributed by atoms with Gasteiger partial charge in [-0.2, -0.15) is 0 Å². The maximum atomic E-state index is 12.3. The van der Waals surface area contributed by atoms with Crippen molar-refractivity contribution in [3.8, 4) is 5.75 Å². The molecule has 1 unspecified atom stereocenters. The molecule has 1 rings (SSSR count). The summed E-state index contributed by atoms with van der Waals surface area (Å²) in [5.41, 5.74) is 0.669. The molecule has 0 spiro atoms. The second-order valence-electron chi connectivity index (χ2n) is 4.47. The maximum absolute atomic E-state index is 12.3. The van der Waals surface area contributed by atoms with Gasteiger partial charge in [0.25, 0.3) is 0 Å². The Balaban J connectivity index is 3.10. The van der Waals surface area contributed by atoms with E-state index in [1.165, 1.54) is 0 Å². The smallest absolute Gasteiger partial charge is 0.169 e. The molecule has 1 aromatic rings. The van der Waals surface area contributed by atoms with E-state index in [4.69, 9.17) is 4.74 Å². The number of ether oxygens (including phenoxy) is 1. The Hall–Kier alpha value is -0.830. The molecule has 94 valence electrons. The van der Waals surface area contributed by atoms with E-state index < -0.39 is 0 Å². The fraction of sp³-hybridized carbons (Fsp3) is 0.500. The van der Waals surface area contributed by atoms with Crippen molar-refractivity contribution in [2.45, 2.75) is 27.7 Å². The van der Waals surface area contributed by atoms with Crippen LogP contribution in [0.4, 0.5) is 0 Å². The topological polar surface area (TPSA) is 26.3 Å². The highest BCUT2D eigenvalue weighted by Gasteiger charge is 2.21. The third kappa shape index (κ3) is 3.56. The van der Waals surface area contributed by atoms with Gasteiger partial charge in [0.2, 0.25) is 0 Å². The summed E-state index contributed by atoms with van der Waals surface area (Å²) in [6.45, 7) is 8.56. The molecule has 0 aliphatic carbocycles. The summed E-state index contributed by atoms with van der Waals surface area (Å²) in [5, 5.41) is 0. The molecule has 0 aromatic heterocycles. The molecule has 0 saturated carbocycles. The fourth-order valence-corrected chi connectivity index (χ4v) is 1.89. The van der Waals surface area contributed by atoms with Gasteiger partial charge >= 0.3 is 0 Å². The summed E-state index contributed by atoms with van der Waals surface area (Å²) in [5.74, 6) is 1.15. The SMILES string of the molecule is CCOc1ccc(Br)cc1C(=O)C(C)C(C)C. The third-order valence-corrected chi connectivity index (χ3v) is 3.41. The van der Waals surface area contributed by atoms with Gasteiger partial charge in [-0.15, -0.1) is 0 Å². The molecule has 0 aliphatic heterocycles. The standard InChI is InChI=1S/C14H19BrO2/c1-5-17-13-7-6-11(15)8-12(13)14(16)10(4)9(2)3/h6-10H,5H2,1-4H3. The van der Waals surface area contributed by atoms with Crippen molar-refractivity contribution in [3.63, 3.8) is 0 Å². The Morgan fingerprint density at radius 3 is 2.53 bits per heavy atom. The molecule has 1 aromatic carbocycles. The fourth-order valence-electron chi connectivity index (χ4n) is 1.52. The minimum absolute atomic E-state index is 0.00325. The largest absolute Gasteiger partial charge is 0.493 e. The van der Waals surface area contributed by atoms with E-state index in [1.807, 2.05) is 32.0 Å². The highest BCUT2D eigenvalue weighted by atomic mass is 79.9. The summed E-state index contributed by atoms with van der Waals surface area (Å²) in [7, 11) is 0. The second kappa shape index (κ2) is 6.20. The van der Waals surface area contributed by atoms with Gasteiger partial charge < -0.3 is 4.74 Å². The maximum Gasteiger partial charge on any atom is 0.169 e. The van der Waals surface area contributed by atoms with Crippen LogP contribution in [0.1, 0.15) is 38.1 Å². The Bertz CT molecular complexity index is 399. The monoisotopic (exact) mass is 298 g/mol. The van der Waals surface area contributed by atoms with Crippen molar-refractivity contribution in [2.75, 3.05) is 6.61 Å². The first-order valence-electron chi connectivity index (χ1n) is 5.94. The van der Waals surface area contributed by atoms with Crippen LogP contribution in [0.3, 0.4) is 0 Å². The number of carbonyl (C=O) groups excluding carboxylic acids is 1. The van der Waals surface area contributed by atoms with Crippen molar-refractivity contribution in [1.29, 1.82) is 0 Å². The van der Waals surface area contributed by atoms with Crippen molar-refractivity contribution in [3.05, 3.63) is 28.2 Å². The lowest BCUT2D eigenvalue weighted by atomic mass is 9.89. The average Bonchev–Trinajstić information content (AvgIpc) is 2.29. The molecule has 0 radical (unpaired) electrons. The van der Waals surface area contributed by atoms with Crippen LogP contribution < -0.4 is 4.74 Å². The molecule has 0 amide bonds. The number of benzene rings is 1. The summed E-state index contributed by atoms with van der Waals surface area (Å²) in [6, 6.07) is 5.57. The first-order valence-corrected chi connectivity index (χ1v) is 6.73. The second-order valence-corrected chi connectivity index (χ2v) is 5.39. The van der Waals surface area contributed by atoms with E-state index in [0.717, 1.165) is 4.47 Å². The van der Waals surface area contributed by atoms with Gasteiger partial charge in [-0.25, -0.2) is 0 Å². The molecule has 17 heavy (non-hydrogen) atoms. The van der Waals surface area contributed by atoms with Crippen LogP contribution in [0, 0.1) is 11.8 Å². The number of rotatable bonds is 5. The van der Waals surface area contributed by atoms with Crippen LogP contribution >= 0.6 is 15.9 Å². The van der Waals surface area contributed by atoms with Gasteiger partial charge in [0.1, 0.15) is 5.75 Å². The van der Waals surface area contributed by atoms with Crippen LogP contribution in [0.15, 0.2) is 22.7 Å². The lowest BCUT2D eigenvalue weighted by Crippen LogP contribution is -2.18. The van der Waals surface area contributed by atoms with E-state index in [1.54, 1.807) is 0 Å². The Kier molecular flexibility index (Phi) is 5.19. The summed E-state index contributed by atoms with van der Waals surface area (Å²) >= 11 is 3.39. The minimum atomic E-state index is 0.00325. The number of hydrogen-bond donors (Lipinski definition) is 0. The van der Waals surface area contributed by atoms with Crippen LogP contribution in [-0.4, -0.2) is 12.4 Å². The van der Waals surface area contributed by atoms with Crippen LogP contribution in [0.25, 0.3) is 0 Å². The molecular weight excluding hydrogens is 280 g/mol. The molecule has 0 saturated heterocycles. The van der Waals surface area contributed by atoms with Gasteiger partial charge in [-0.1, -0.05) is 36.7 Å². The highest BCUT2D eigenvalue weighted by Crippen LogP contribution is 2.27. The predicted molar refractivity (Wildman–Crippen MR) is 73.6 cm³/mol. The van der Waals surface area contributed by atoms with Gasteiger partial charge in [-0.3, -0.25) is 4.79 Å². The Morgan fingerprint density at radius 2 is 2.00 bits per heavy atom. The average molecular weight is 299 g/mol. The molecule has 0 heterocycles.